The summed E-state index contributed by atoms with van der Waals surface area (Å²) in [5.41, 5.74) is 2.88. The predicted molar refractivity (Wildman–Crippen MR) is 86.2 cm³/mol. The Bertz CT molecular complexity index is 893. The van der Waals surface area contributed by atoms with E-state index in [0.29, 0.717) is 0 Å². The van der Waals surface area contributed by atoms with Crippen LogP contribution in [-0.4, -0.2) is 16.3 Å². The monoisotopic (exact) mass is 276 g/mol. The molecule has 4 rings (SSSR count). The molecule has 0 saturated carbocycles. The highest BCUT2D eigenvalue weighted by molar-refractivity contribution is 6.09. The Morgan fingerprint density at radius 2 is 1.71 bits per heavy atom. The molecule has 3 aromatic rings. The van der Waals surface area contributed by atoms with E-state index in [1.807, 2.05) is 25.1 Å². The highest BCUT2D eigenvalue weighted by Gasteiger charge is 2.25. The zero-order valence-corrected chi connectivity index (χ0v) is 11.7. The van der Waals surface area contributed by atoms with Crippen molar-refractivity contribution in [2.24, 2.45) is 0 Å². The van der Waals surface area contributed by atoms with Crippen molar-refractivity contribution in [3.63, 3.8) is 0 Å². The van der Waals surface area contributed by atoms with Gasteiger partial charge in [0.25, 0.3) is 0 Å². The van der Waals surface area contributed by atoms with Crippen LogP contribution in [0, 0.1) is 6.92 Å². The summed E-state index contributed by atoms with van der Waals surface area (Å²) >= 11 is 0. The molecular weight excluding hydrogens is 260 g/mol. The molecule has 0 aromatic heterocycles. The van der Waals surface area contributed by atoms with Gasteiger partial charge in [-0.25, -0.2) is 0 Å². The number of aliphatic hydroxyl groups is 2. The van der Waals surface area contributed by atoms with E-state index >= 15 is 0 Å². The van der Waals surface area contributed by atoms with Crippen LogP contribution in [0.5, 0.6) is 0 Å². The first-order valence-corrected chi connectivity index (χ1v) is 7.16. The summed E-state index contributed by atoms with van der Waals surface area (Å²) in [6.45, 7) is 2.02. The average Bonchev–Trinajstić information content (AvgIpc) is 2.51. The molecule has 0 radical (unpaired) electrons. The third-order valence-corrected chi connectivity index (χ3v) is 4.48. The lowest BCUT2D eigenvalue weighted by atomic mass is 9.85. The van der Waals surface area contributed by atoms with E-state index in [0.717, 1.165) is 22.1 Å². The lowest BCUT2D eigenvalue weighted by Crippen LogP contribution is -2.20. The molecule has 0 bridgehead atoms. The summed E-state index contributed by atoms with van der Waals surface area (Å²) < 4.78 is 0. The van der Waals surface area contributed by atoms with Crippen molar-refractivity contribution >= 4 is 27.6 Å². The van der Waals surface area contributed by atoms with Crippen LogP contribution < -0.4 is 0 Å². The van der Waals surface area contributed by atoms with Gasteiger partial charge in [-0.15, -0.1) is 0 Å². The lowest BCUT2D eigenvalue weighted by molar-refractivity contribution is 0.0467. The topological polar surface area (TPSA) is 40.5 Å². The summed E-state index contributed by atoms with van der Waals surface area (Å²) in [6.07, 6.45) is 1.89. The van der Waals surface area contributed by atoms with E-state index in [9.17, 15) is 10.2 Å². The first-order chi connectivity index (χ1) is 10.2. The predicted octanol–water partition coefficient (Wildman–Crippen LogP) is 3.72. The second-order valence-electron chi connectivity index (χ2n) is 5.68. The van der Waals surface area contributed by atoms with E-state index in [2.05, 4.69) is 30.3 Å². The zero-order valence-electron chi connectivity index (χ0n) is 11.7. The summed E-state index contributed by atoms with van der Waals surface area (Å²) in [5, 5.41) is 24.9. The molecule has 2 atom stereocenters. The SMILES string of the molecule is Cc1c2c(cc3c1ccc1ccccc13)C=C[C@H](O)[C@H]2O. The molecule has 1 aliphatic carbocycles. The third-order valence-electron chi connectivity index (χ3n) is 4.48. The van der Waals surface area contributed by atoms with Crippen molar-refractivity contribution in [2.45, 2.75) is 19.1 Å². The number of aryl methyl sites for hydroxylation is 1. The molecule has 0 amide bonds. The maximum Gasteiger partial charge on any atom is 0.109 e. The molecule has 0 heterocycles. The standard InChI is InChI=1S/C19H16O2/c1-11-14-8-6-12-4-2-3-5-15(12)16(14)10-13-7-9-17(20)19(21)18(11)13/h2-10,17,19-21H,1H3/t17-,19+/m0/s1. The Hall–Kier alpha value is -2.16. The molecule has 0 fully saturated rings. The van der Waals surface area contributed by atoms with Crippen LogP contribution in [0.1, 0.15) is 22.8 Å². The molecule has 1 aliphatic rings. The minimum Gasteiger partial charge on any atom is -0.386 e. The van der Waals surface area contributed by atoms with Crippen molar-refractivity contribution in [2.75, 3.05) is 0 Å². The Morgan fingerprint density at radius 1 is 0.905 bits per heavy atom. The quantitative estimate of drug-likeness (QED) is 0.614. The Morgan fingerprint density at radius 3 is 2.57 bits per heavy atom. The first kappa shape index (κ1) is 12.6. The number of hydrogen-bond acceptors (Lipinski definition) is 2. The Balaban J connectivity index is 2.16. The molecule has 3 aromatic carbocycles. The van der Waals surface area contributed by atoms with Crippen molar-refractivity contribution in [1.82, 2.24) is 0 Å². The molecule has 0 aliphatic heterocycles. The maximum atomic E-state index is 10.3. The molecule has 2 N–H and O–H groups in total. The van der Waals surface area contributed by atoms with Crippen LogP contribution in [0.15, 0.2) is 48.5 Å². The molecule has 0 unspecified atom stereocenters. The van der Waals surface area contributed by atoms with Gasteiger partial charge in [-0.2, -0.15) is 0 Å². The van der Waals surface area contributed by atoms with Gasteiger partial charge in [0.05, 0.1) is 0 Å². The van der Waals surface area contributed by atoms with Gasteiger partial charge in [0.1, 0.15) is 12.2 Å². The molecule has 104 valence electrons. The average molecular weight is 276 g/mol. The number of aliphatic hydroxyl groups excluding tert-OH is 2. The van der Waals surface area contributed by atoms with Crippen molar-refractivity contribution < 1.29 is 10.2 Å². The fourth-order valence-electron chi connectivity index (χ4n) is 3.38. The normalized spacial score (nSPS) is 20.9. The lowest BCUT2D eigenvalue weighted by Gasteiger charge is -2.25. The zero-order chi connectivity index (χ0) is 14.6. The highest BCUT2D eigenvalue weighted by Crippen LogP contribution is 2.37. The third kappa shape index (κ3) is 1.73. The van der Waals surface area contributed by atoms with Gasteiger partial charge in [0.2, 0.25) is 0 Å². The summed E-state index contributed by atoms with van der Waals surface area (Å²) in [6, 6.07) is 14.7. The van der Waals surface area contributed by atoms with Crippen molar-refractivity contribution in [3.8, 4) is 0 Å². The van der Waals surface area contributed by atoms with Crippen LogP contribution >= 0.6 is 0 Å². The Labute approximate surface area is 123 Å². The van der Waals surface area contributed by atoms with E-state index in [4.69, 9.17) is 0 Å². The van der Waals surface area contributed by atoms with Gasteiger partial charge in [-0.05, 0) is 51.2 Å². The molecular formula is C19H16O2. The number of rotatable bonds is 0. The summed E-state index contributed by atoms with van der Waals surface area (Å²) in [5.74, 6) is 0. The van der Waals surface area contributed by atoms with Crippen molar-refractivity contribution in [3.05, 3.63) is 65.2 Å². The van der Waals surface area contributed by atoms with Gasteiger partial charge in [-0.1, -0.05) is 48.6 Å². The van der Waals surface area contributed by atoms with Crippen LogP contribution in [0.25, 0.3) is 27.6 Å². The van der Waals surface area contributed by atoms with Crippen molar-refractivity contribution in [1.29, 1.82) is 0 Å². The summed E-state index contributed by atoms with van der Waals surface area (Å²) in [7, 11) is 0. The van der Waals surface area contributed by atoms with E-state index in [1.165, 1.54) is 16.2 Å². The van der Waals surface area contributed by atoms with Crippen LogP contribution in [0.3, 0.4) is 0 Å². The smallest absolute Gasteiger partial charge is 0.109 e. The first-order valence-electron chi connectivity index (χ1n) is 7.16. The maximum absolute atomic E-state index is 10.3. The van der Waals surface area contributed by atoms with E-state index in [-0.39, 0.29) is 0 Å². The second-order valence-corrected chi connectivity index (χ2v) is 5.68. The number of benzene rings is 3. The largest absolute Gasteiger partial charge is 0.386 e. The number of hydrogen-bond donors (Lipinski definition) is 2. The minimum absolute atomic E-state index is 0.825. The fourth-order valence-corrected chi connectivity index (χ4v) is 3.38. The Kier molecular flexibility index (Phi) is 2.64. The molecule has 21 heavy (non-hydrogen) atoms. The molecule has 2 heteroatoms. The van der Waals surface area contributed by atoms with Gasteiger partial charge < -0.3 is 10.2 Å². The molecule has 2 nitrogen and oxygen atoms in total. The van der Waals surface area contributed by atoms with Gasteiger partial charge in [-0.3, -0.25) is 0 Å². The van der Waals surface area contributed by atoms with E-state index < -0.39 is 12.2 Å². The van der Waals surface area contributed by atoms with Gasteiger partial charge >= 0.3 is 0 Å². The molecule has 0 saturated heterocycles. The summed E-state index contributed by atoms with van der Waals surface area (Å²) in [4.78, 5) is 0. The fraction of sp³-hybridized carbons (Fsp3) is 0.158. The van der Waals surface area contributed by atoms with Gasteiger partial charge in [0, 0.05) is 0 Å². The van der Waals surface area contributed by atoms with Gasteiger partial charge in [0.15, 0.2) is 0 Å². The second kappa shape index (κ2) is 4.42. The number of fused-ring (bicyclic) bond motifs is 4. The molecule has 0 spiro atoms. The van der Waals surface area contributed by atoms with Crippen LogP contribution in [0.4, 0.5) is 0 Å². The van der Waals surface area contributed by atoms with Crippen LogP contribution in [-0.2, 0) is 0 Å². The highest BCUT2D eigenvalue weighted by atomic mass is 16.3. The minimum atomic E-state index is -0.846. The van der Waals surface area contributed by atoms with E-state index in [1.54, 1.807) is 6.08 Å². The van der Waals surface area contributed by atoms with Crippen LogP contribution in [0.2, 0.25) is 0 Å².